The summed E-state index contributed by atoms with van der Waals surface area (Å²) < 4.78 is 16.9. The van der Waals surface area contributed by atoms with Crippen molar-refractivity contribution in [2.75, 3.05) is 6.54 Å². The molecule has 2 rings (SSSR count). The molecule has 2 N–H and O–H groups in total. The molecule has 10 heteroatoms. The van der Waals surface area contributed by atoms with Gasteiger partial charge < -0.3 is 24.8 Å². The van der Waals surface area contributed by atoms with Gasteiger partial charge in [-0.1, -0.05) is 74.5 Å². The van der Waals surface area contributed by atoms with E-state index in [1.54, 1.807) is 62.3 Å². The Morgan fingerprint density at radius 2 is 1.04 bits per heavy atom. The number of amides is 4. The van der Waals surface area contributed by atoms with Crippen LogP contribution in [-0.4, -0.2) is 64.5 Å². The van der Waals surface area contributed by atoms with E-state index < -0.39 is 47.0 Å². The number of hydrogen-bond acceptors (Lipinski definition) is 7. The lowest BCUT2D eigenvalue weighted by atomic mass is 9.91. The van der Waals surface area contributed by atoms with Crippen molar-refractivity contribution in [3.05, 3.63) is 71.8 Å². The number of carbonyl (C=O) groups excluding carboxylic acids is 4. The number of carbonyl (C=O) groups is 4. The molecule has 4 amide bonds. The number of nitrogens with one attached hydrogen (secondary N) is 2. The van der Waals surface area contributed by atoms with E-state index in [1.165, 1.54) is 0 Å². The molecule has 0 heterocycles. The zero-order chi connectivity index (χ0) is 38.4. The van der Waals surface area contributed by atoms with Crippen molar-refractivity contribution in [1.82, 2.24) is 15.5 Å². The Bertz CT molecular complexity index is 1330. The number of aryl methyl sites for hydroxylation is 2. The molecule has 284 valence electrons. The highest BCUT2D eigenvalue weighted by atomic mass is 16.6. The van der Waals surface area contributed by atoms with Crippen LogP contribution in [0.25, 0.3) is 0 Å². The first-order valence-corrected chi connectivity index (χ1v) is 18.2. The number of rotatable bonds is 15. The first-order valence-electron chi connectivity index (χ1n) is 18.2. The third-order valence-electron chi connectivity index (χ3n) is 7.93. The largest absolute Gasteiger partial charge is 0.444 e. The van der Waals surface area contributed by atoms with Crippen LogP contribution in [-0.2, 0) is 31.8 Å². The monoisotopic (exact) mass is 709 g/mol. The summed E-state index contributed by atoms with van der Waals surface area (Å²) in [7, 11) is 0. The summed E-state index contributed by atoms with van der Waals surface area (Å²) in [5, 5.41) is 5.87. The lowest BCUT2D eigenvalue weighted by Crippen LogP contribution is -2.52. The predicted molar refractivity (Wildman–Crippen MR) is 201 cm³/mol. The van der Waals surface area contributed by atoms with Gasteiger partial charge in [0.05, 0.1) is 12.6 Å². The molecule has 2 aromatic rings. The summed E-state index contributed by atoms with van der Waals surface area (Å²) in [6, 6.07) is 18.9. The highest BCUT2D eigenvalue weighted by Crippen LogP contribution is 2.23. The maximum Gasteiger partial charge on any atom is 0.417 e. The standard InChI is InChI=1S/C41H63N3O7/c1-29(2)34(43-37(47)50-40(6,7)8)27-26-33(42-36(46)49-39(3,4)5)28-44(38(48)51-41(9,10)11)35(45)32(24-22-30-18-14-12-15-19-30)25-23-31-20-16-13-17-21-31/h12-21,29,32-34H,22-28H2,1-11H3,(H,42,46)(H,43,47)/t33-,34?/m0/s1. The second-order valence-corrected chi connectivity index (χ2v) is 16.6. The van der Waals surface area contributed by atoms with Gasteiger partial charge in [0.15, 0.2) is 0 Å². The van der Waals surface area contributed by atoms with Crippen molar-refractivity contribution in [3.63, 3.8) is 0 Å². The second kappa shape index (κ2) is 19.5. The van der Waals surface area contributed by atoms with E-state index in [2.05, 4.69) is 10.6 Å². The van der Waals surface area contributed by atoms with Crippen LogP contribution >= 0.6 is 0 Å². The Morgan fingerprint density at radius 3 is 1.45 bits per heavy atom. The number of ether oxygens (including phenoxy) is 3. The number of nitrogens with zero attached hydrogens (tertiary/aromatic N) is 1. The fraction of sp³-hybridized carbons (Fsp3) is 0.610. The molecule has 0 aromatic heterocycles. The highest BCUT2D eigenvalue weighted by Gasteiger charge is 2.35. The van der Waals surface area contributed by atoms with Crippen molar-refractivity contribution < 1.29 is 33.4 Å². The maximum absolute atomic E-state index is 14.6. The van der Waals surface area contributed by atoms with Gasteiger partial charge >= 0.3 is 18.3 Å². The first kappa shape index (κ1) is 43.1. The molecule has 2 atom stereocenters. The molecule has 2 aromatic carbocycles. The number of hydrogen-bond donors (Lipinski definition) is 2. The molecule has 0 fully saturated rings. The number of alkyl carbamates (subject to hydrolysis) is 2. The van der Waals surface area contributed by atoms with Gasteiger partial charge in [0.25, 0.3) is 0 Å². The molecule has 0 aliphatic carbocycles. The van der Waals surface area contributed by atoms with Gasteiger partial charge in [0.2, 0.25) is 5.91 Å². The Kier molecular flexibility index (Phi) is 16.5. The quantitative estimate of drug-likeness (QED) is 0.177. The van der Waals surface area contributed by atoms with Gasteiger partial charge in [-0.3, -0.25) is 4.79 Å². The molecular formula is C41H63N3O7. The van der Waals surface area contributed by atoms with Crippen molar-refractivity contribution >= 4 is 24.2 Å². The van der Waals surface area contributed by atoms with Gasteiger partial charge in [-0.25, -0.2) is 19.3 Å². The summed E-state index contributed by atoms with van der Waals surface area (Å²) in [5.74, 6) is -0.833. The average molecular weight is 710 g/mol. The van der Waals surface area contributed by atoms with E-state index in [0.29, 0.717) is 38.5 Å². The van der Waals surface area contributed by atoms with Crippen molar-refractivity contribution in [3.8, 4) is 0 Å². The van der Waals surface area contributed by atoms with Gasteiger partial charge in [0.1, 0.15) is 16.8 Å². The molecule has 0 aliphatic heterocycles. The highest BCUT2D eigenvalue weighted by molar-refractivity contribution is 5.93. The summed E-state index contributed by atoms with van der Waals surface area (Å²) in [6.07, 6.45) is 1.11. The topological polar surface area (TPSA) is 123 Å². The lowest BCUT2D eigenvalue weighted by Gasteiger charge is -2.33. The van der Waals surface area contributed by atoms with Crippen LogP contribution in [0, 0.1) is 11.8 Å². The van der Waals surface area contributed by atoms with E-state index >= 15 is 0 Å². The molecule has 1 unspecified atom stereocenters. The van der Waals surface area contributed by atoms with Crippen LogP contribution in [0.15, 0.2) is 60.7 Å². The second-order valence-electron chi connectivity index (χ2n) is 16.6. The molecule has 0 bridgehead atoms. The summed E-state index contributed by atoms with van der Waals surface area (Å²) >= 11 is 0. The van der Waals surface area contributed by atoms with Gasteiger partial charge in [-0.15, -0.1) is 0 Å². The van der Waals surface area contributed by atoms with Gasteiger partial charge in [0, 0.05) is 12.0 Å². The van der Waals surface area contributed by atoms with Crippen molar-refractivity contribution in [2.24, 2.45) is 11.8 Å². The fourth-order valence-electron chi connectivity index (χ4n) is 5.47. The maximum atomic E-state index is 14.6. The van der Waals surface area contributed by atoms with E-state index in [1.807, 2.05) is 74.5 Å². The van der Waals surface area contributed by atoms with Crippen LogP contribution in [0.2, 0.25) is 0 Å². The van der Waals surface area contributed by atoms with Crippen molar-refractivity contribution in [1.29, 1.82) is 0 Å². The SMILES string of the molecule is CC(C)C(CC[C@@H](CN(C(=O)OC(C)(C)C)C(=O)C(CCc1ccccc1)CCc1ccccc1)NC(=O)OC(C)(C)C)NC(=O)OC(C)(C)C. The smallest absolute Gasteiger partial charge is 0.417 e. The zero-order valence-corrected chi connectivity index (χ0v) is 32.8. The summed E-state index contributed by atoms with van der Waals surface area (Å²) in [4.78, 5) is 55.5. The minimum Gasteiger partial charge on any atom is -0.444 e. The van der Waals surface area contributed by atoms with Gasteiger partial charge in [-0.2, -0.15) is 0 Å². The van der Waals surface area contributed by atoms with E-state index in [9.17, 15) is 19.2 Å². The van der Waals surface area contributed by atoms with Crippen LogP contribution in [0.4, 0.5) is 14.4 Å². The lowest BCUT2D eigenvalue weighted by molar-refractivity contribution is -0.135. The van der Waals surface area contributed by atoms with E-state index in [0.717, 1.165) is 16.0 Å². The zero-order valence-electron chi connectivity index (χ0n) is 32.8. The van der Waals surface area contributed by atoms with Crippen LogP contribution < -0.4 is 10.6 Å². The van der Waals surface area contributed by atoms with Crippen molar-refractivity contribution in [2.45, 2.75) is 144 Å². The molecule has 0 saturated carbocycles. The molecule has 10 nitrogen and oxygen atoms in total. The van der Waals surface area contributed by atoms with Gasteiger partial charge in [-0.05, 0) is 118 Å². The molecule has 0 radical (unpaired) electrons. The first-order chi connectivity index (χ1) is 23.6. The minimum atomic E-state index is -0.868. The Balaban J connectivity index is 2.45. The van der Waals surface area contributed by atoms with Crippen LogP contribution in [0.5, 0.6) is 0 Å². The molecule has 0 spiro atoms. The van der Waals surface area contributed by atoms with E-state index in [-0.39, 0.29) is 24.4 Å². The minimum absolute atomic E-state index is 0.0311. The Labute approximate surface area is 306 Å². The summed E-state index contributed by atoms with van der Waals surface area (Å²) in [6.45, 7) is 19.8. The van der Waals surface area contributed by atoms with Crippen LogP contribution in [0.3, 0.4) is 0 Å². The average Bonchev–Trinajstić information content (AvgIpc) is 2.99. The number of imide groups is 1. The Hall–Kier alpha value is -4.08. The third kappa shape index (κ3) is 18.1. The Morgan fingerprint density at radius 1 is 0.608 bits per heavy atom. The van der Waals surface area contributed by atoms with E-state index in [4.69, 9.17) is 14.2 Å². The van der Waals surface area contributed by atoms with Crippen LogP contribution in [0.1, 0.15) is 113 Å². The molecule has 0 saturated heterocycles. The predicted octanol–water partition coefficient (Wildman–Crippen LogP) is 8.85. The normalized spacial score (nSPS) is 13.3. The molecule has 51 heavy (non-hydrogen) atoms. The molecular weight excluding hydrogens is 646 g/mol. The molecule has 0 aliphatic rings. The third-order valence-corrected chi connectivity index (χ3v) is 7.93. The number of benzene rings is 2. The fourth-order valence-corrected chi connectivity index (χ4v) is 5.47. The summed E-state index contributed by atoms with van der Waals surface area (Å²) in [5.41, 5.74) is -0.111.